The van der Waals surface area contributed by atoms with Gasteiger partial charge in [-0.25, -0.2) is 4.79 Å². The standard InChI is InChI=1S/C13H19NO2/c1-3-10-14(12(4-2)13(15)16)11-8-6-5-7-9-11/h5-9,12H,3-4,10H2,1-2H3,(H,15,16)/t12-/m0/s1. The van der Waals surface area contributed by atoms with Gasteiger partial charge in [0, 0.05) is 12.2 Å². The number of carboxylic acids is 1. The molecule has 0 aromatic heterocycles. The predicted molar refractivity (Wildman–Crippen MR) is 65.8 cm³/mol. The average molecular weight is 221 g/mol. The Kier molecular flexibility index (Phi) is 4.83. The number of carboxylic acid groups (broad SMARTS) is 1. The molecule has 0 heterocycles. The molecule has 0 bridgehead atoms. The molecule has 0 radical (unpaired) electrons. The van der Waals surface area contributed by atoms with Crippen molar-refractivity contribution in [1.82, 2.24) is 0 Å². The topological polar surface area (TPSA) is 40.5 Å². The maximum atomic E-state index is 11.2. The lowest BCUT2D eigenvalue weighted by Crippen LogP contribution is -2.41. The van der Waals surface area contributed by atoms with E-state index in [0.717, 1.165) is 18.7 Å². The lowest BCUT2D eigenvalue weighted by atomic mass is 10.1. The molecule has 1 rings (SSSR count). The van der Waals surface area contributed by atoms with Crippen molar-refractivity contribution in [2.45, 2.75) is 32.7 Å². The molecule has 0 saturated carbocycles. The second-order valence-corrected chi connectivity index (χ2v) is 3.79. The summed E-state index contributed by atoms with van der Waals surface area (Å²) in [5.41, 5.74) is 0.985. The zero-order valence-electron chi connectivity index (χ0n) is 9.89. The van der Waals surface area contributed by atoms with Gasteiger partial charge in [0.2, 0.25) is 0 Å². The van der Waals surface area contributed by atoms with Crippen LogP contribution in [0.1, 0.15) is 26.7 Å². The summed E-state index contributed by atoms with van der Waals surface area (Å²) >= 11 is 0. The van der Waals surface area contributed by atoms with E-state index < -0.39 is 12.0 Å². The summed E-state index contributed by atoms with van der Waals surface area (Å²) in [7, 11) is 0. The van der Waals surface area contributed by atoms with Gasteiger partial charge in [-0.2, -0.15) is 0 Å². The van der Waals surface area contributed by atoms with E-state index in [4.69, 9.17) is 0 Å². The summed E-state index contributed by atoms with van der Waals surface area (Å²) < 4.78 is 0. The second kappa shape index (κ2) is 6.16. The number of aliphatic carboxylic acids is 1. The van der Waals surface area contributed by atoms with E-state index >= 15 is 0 Å². The highest BCUT2D eigenvalue weighted by Crippen LogP contribution is 2.18. The minimum atomic E-state index is -0.750. The number of hydrogen-bond donors (Lipinski definition) is 1. The van der Waals surface area contributed by atoms with Crippen molar-refractivity contribution >= 4 is 11.7 Å². The Morgan fingerprint density at radius 3 is 2.38 bits per heavy atom. The highest BCUT2D eigenvalue weighted by Gasteiger charge is 2.22. The number of carbonyl (C=O) groups is 1. The van der Waals surface area contributed by atoms with Crippen LogP contribution in [0.5, 0.6) is 0 Å². The molecule has 0 fully saturated rings. The van der Waals surface area contributed by atoms with E-state index in [9.17, 15) is 9.90 Å². The van der Waals surface area contributed by atoms with Crippen LogP contribution in [0, 0.1) is 0 Å². The molecule has 1 atom stereocenters. The van der Waals surface area contributed by atoms with Gasteiger partial charge >= 0.3 is 5.97 Å². The Hall–Kier alpha value is -1.51. The lowest BCUT2D eigenvalue weighted by Gasteiger charge is -2.30. The van der Waals surface area contributed by atoms with Gasteiger partial charge in [-0.3, -0.25) is 0 Å². The molecule has 3 heteroatoms. The third kappa shape index (κ3) is 2.99. The fourth-order valence-corrected chi connectivity index (χ4v) is 1.85. The molecule has 0 aliphatic heterocycles. The first-order valence-corrected chi connectivity index (χ1v) is 5.75. The number of anilines is 1. The highest BCUT2D eigenvalue weighted by atomic mass is 16.4. The predicted octanol–water partition coefficient (Wildman–Crippen LogP) is 2.77. The largest absolute Gasteiger partial charge is 0.480 e. The molecule has 0 saturated heterocycles. The number of para-hydroxylation sites is 1. The molecule has 16 heavy (non-hydrogen) atoms. The van der Waals surface area contributed by atoms with Crippen LogP contribution < -0.4 is 4.90 Å². The Morgan fingerprint density at radius 1 is 1.31 bits per heavy atom. The van der Waals surface area contributed by atoms with Crippen LogP contribution in [0.25, 0.3) is 0 Å². The smallest absolute Gasteiger partial charge is 0.326 e. The van der Waals surface area contributed by atoms with Crippen LogP contribution in [0.2, 0.25) is 0 Å². The summed E-state index contributed by atoms with van der Waals surface area (Å²) in [6.45, 7) is 4.74. The molecule has 0 spiro atoms. The fourth-order valence-electron chi connectivity index (χ4n) is 1.85. The van der Waals surface area contributed by atoms with Gasteiger partial charge in [-0.05, 0) is 25.0 Å². The first-order chi connectivity index (χ1) is 7.70. The van der Waals surface area contributed by atoms with Crippen LogP contribution in [0.15, 0.2) is 30.3 Å². The highest BCUT2D eigenvalue weighted by molar-refractivity contribution is 5.78. The van der Waals surface area contributed by atoms with Gasteiger partial charge in [0.25, 0.3) is 0 Å². The normalized spacial score (nSPS) is 12.1. The third-order valence-corrected chi connectivity index (χ3v) is 2.60. The molecule has 0 aliphatic carbocycles. The fraction of sp³-hybridized carbons (Fsp3) is 0.462. The molecular weight excluding hydrogens is 202 g/mol. The molecule has 88 valence electrons. The van der Waals surface area contributed by atoms with Gasteiger partial charge in [0.1, 0.15) is 6.04 Å². The summed E-state index contributed by atoms with van der Waals surface area (Å²) in [5.74, 6) is -0.750. The lowest BCUT2D eigenvalue weighted by molar-refractivity contribution is -0.138. The van der Waals surface area contributed by atoms with Gasteiger partial charge < -0.3 is 10.0 Å². The second-order valence-electron chi connectivity index (χ2n) is 3.79. The van der Waals surface area contributed by atoms with Crippen LogP contribution in [-0.2, 0) is 4.79 Å². The minimum absolute atomic E-state index is 0.428. The molecule has 0 amide bonds. The van der Waals surface area contributed by atoms with Crippen molar-refractivity contribution in [3.63, 3.8) is 0 Å². The molecular formula is C13H19NO2. The van der Waals surface area contributed by atoms with Crippen molar-refractivity contribution in [2.24, 2.45) is 0 Å². The van der Waals surface area contributed by atoms with E-state index in [2.05, 4.69) is 6.92 Å². The third-order valence-electron chi connectivity index (χ3n) is 2.60. The summed E-state index contributed by atoms with van der Waals surface area (Å²) in [4.78, 5) is 13.1. The zero-order chi connectivity index (χ0) is 12.0. The van der Waals surface area contributed by atoms with Gasteiger partial charge in [0.15, 0.2) is 0 Å². The Bertz CT molecular complexity index is 324. The Balaban J connectivity index is 2.94. The quantitative estimate of drug-likeness (QED) is 0.803. The number of nitrogens with zero attached hydrogens (tertiary/aromatic N) is 1. The minimum Gasteiger partial charge on any atom is -0.480 e. The zero-order valence-corrected chi connectivity index (χ0v) is 9.89. The number of rotatable bonds is 6. The Morgan fingerprint density at radius 2 is 1.94 bits per heavy atom. The van der Waals surface area contributed by atoms with E-state index in [-0.39, 0.29) is 0 Å². The molecule has 1 aromatic rings. The monoisotopic (exact) mass is 221 g/mol. The van der Waals surface area contributed by atoms with Crippen LogP contribution in [-0.4, -0.2) is 23.7 Å². The van der Waals surface area contributed by atoms with E-state index in [1.165, 1.54) is 0 Å². The molecule has 1 N–H and O–H groups in total. The maximum absolute atomic E-state index is 11.2. The SMILES string of the molecule is CCCN(c1ccccc1)[C@@H](CC)C(=O)O. The number of benzene rings is 1. The van der Waals surface area contributed by atoms with E-state index in [1.54, 1.807) is 0 Å². The Labute approximate surface area is 96.7 Å². The van der Waals surface area contributed by atoms with Gasteiger partial charge in [-0.1, -0.05) is 32.0 Å². The maximum Gasteiger partial charge on any atom is 0.326 e. The van der Waals surface area contributed by atoms with E-state index in [0.29, 0.717) is 6.42 Å². The summed E-state index contributed by atoms with van der Waals surface area (Å²) in [6.07, 6.45) is 1.56. The van der Waals surface area contributed by atoms with Crippen molar-refractivity contribution in [1.29, 1.82) is 0 Å². The first-order valence-electron chi connectivity index (χ1n) is 5.75. The summed E-state index contributed by atoms with van der Waals surface area (Å²) in [5, 5.41) is 9.19. The molecule has 3 nitrogen and oxygen atoms in total. The van der Waals surface area contributed by atoms with Crippen LogP contribution in [0.3, 0.4) is 0 Å². The molecule has 0 unspecified atom stereocenters. The molecule has 0 aliphatic rings. The first kappa shape index (κ1) is 12.6. The average Bonchev–Trinajstić information content (AvgIpc) is 2.29. The van der Waals surface area contributed by atoms with Crippen LogP contribution >= 0.6 is 0 Å². The molecule has 1 aromatic carbocycles. The van der Waals surface area contributed by atoms with Crippen LogP contribution in [0.4, 0.5) is 5.69 Å². The number of hydrogen-bond acceptors (Lipinski definition) is 2. The van der Waals surface area contributed by atoms with Gasteiger partial charge in [-0.15, -0.1) is 0 Å². The summed E-state index contributed by atoms with van der Waals surface area (Å²) in [6, 6.07) is 9.30. The van der Waals surface area contributed by atoms with E-state index in [1.807, 2.05) is 42.2 Å². The van der Waals surface area contributed by atoms with Crippen molar-refractivity contribution in [3.8, 4) is 0 Å². The van der Waals surface area contributed by atoms with Crippen molar-refractivity contribution in [2.75, 3.05) is 11.4 Å². The van der Waals surface area contributed by atoms with Crippen molar-refractivity contribution < 1.29 is 9.90 Å². The van der Waals surface area contributed by atoms with Gasteiger partial charge in [0.05, 0.1) is 0 Å². The van der Waals surface area contributed by atoms with Crippen molar-refractivity contribution in [3.05, 3.63) is 30.3 Å².